The highest BCUT2D eigenvalue weighted by Crippen LogP contribution is 2.25. The van der Waals surface area contributed by atoms with Crippen LogP contribution in [-0.2, 0) is 13.0 Å². The molecule has 0 aliphatic carbocycles. The van der Waals surface area contributed by atoms with E-state index in [4.69, 9.17) is 0 Å². The first-order valence-corrected chi connectivity index (χ1v) is 9.16. The Hall–Kier alpha value is -1.20. The molecule has 0 spiro atoms. The average Bonchev–Trinajstić information content (AvgIpc) is 3.09. The van der Waals surface area contributed by atoms with Gasteiger partial charge in [-0.1, -0.05) is 19.1 Å². The molecule has 22 heavy (non-hydrogen) atoms. The molecule has 0 saturated carbocycles. The molecule has 5 heteroatoms. The molecule has 120 valence electrons. The summed E-state index contributed by atoms with van der Waals surface area (Å²) in [5.41, 5.74) is 2.56. The molecule has 0 N–H and O–H groups in total. The van der Waals surface area contributed by atoms with Crippen LogP contribution in [0.5, 0.6) is 0 Å². The van der Waals surface area contributed by atoms with Gasteiger partial charge in [0.2, 0.25) is 0 Å². The minimum Gasteiger partial charge on any atom is -0.298 e. The van der Waals surface area contributed by atoms with Gasteiger partial charge in [0, 0.05) is 30.7 Å². The Kier molecular flexibility index (Phi) is 4.93. The molecule has 3 rings (SSSR count). The van der Waals surface area contributed by atoms with Gasteiger partial charge in [-0.3, -0.25) is 4.90 Å². The predicted molar refractivity (Wildman–Crippen MR) is 91.2 cm³/mol. The number of aryl methyl sites for hydroxylation is 1. The number of thiophene rings is 1. The molecular formula is C17H26N4S. The van der Waals surface area contributed by atoms with E-state index in [2.05, 4.69) is 58.3 Å². The Labute approximate surface area is 137 Å². The van der Waals surface area contributed by atoms with Gasteiger partial charge >= 0.3 is 0 Å². The summed E-state index contributed by atoms with van der Waals surface area (Å²) < 4.78 is 2.10. The van der Waals surface area contributed by atoms with Crippen LogP contribution >= 0.6 is 11.3 Å². The fourth-order valence-electron chi connectivity index (χ4n) is 3.11. The van der Waals surface area contributed by atoms with Crippen molar-refractivity contribution in [3.63, 3.8) is 0 Å². The summed E-state index contributed by atoms with van der Waals surface area (Å²) in [6.07, 6.45) is 5.53. The summed E-state index contributed by atoms with van der Waals surface area (Å²) in [6, 6.07) is 2.74. The zero-order valence-corrected chi connectivity index (χ0v) is 14.6. The van der Waals surface area contributed by atoms with Crippen molar-refractivity contribution in [3.05, 3.63) is 33.8 Å². The topological polar surface area (TPSA) is 34.0 Å². The van der Waals surface area contributed by atoms with Crippen LogP contribution in [-0.4, -0.2) is 33.0 Å². The third kappa shape index (κ3) is 3.76. The highest BCUT2D eigenvalue weighted by Gasteiger charge is 2.22. The lowest BCUT2D eigenvalue weighted by Gasteiger charge is -2.31. The Balaban J connectivity index is 1.53. The van der Waals surface area contributed by atoms with Gasteiger partial charge in [0.05, 0.1) is 11.7 Å². The quantitative estimate of drug-likeness (QED) is 0.843. The van der Waals surface area contributed by atoms with Crippen LogP contribution in [0.2, 0.25) is 0 Å². The van der Waals surface area contributed by atoms with Crippen molar-refractivity contribution in [2.45, 2.75) is 52.6 Å². The Morgan fingerprint density at radius 3 is 2.73 bits per heavy atom. The fourth-order valence-corrected chi connectivity index (χ4v) is 4.06. The van der Waals surface area contributed by atoms with E-state index in [-0.39, 0.29) is 0 Å². The first kappa shape index (κ1) is 15.7. The molecule has 2 aromatic rings. The predicted octanol–water partition coefficient (Wildman–Crippen LogP) is 3.68. The zero-order valence-electron chi connectivity index (χ0n) is 13.8. The van der Waals surface area contributed by atoms with Crippen LogP contribution in [0.4, 0.5) is 0 Å². The summed E-state index contributed by atoms with van der Waals surface area (Å²) in [5, 5.41) is 10.9. The average molecular weight is 318 g/mol. The van der Waals surface area contributed by atoms with Crippen LogP contribution in [0.25, 0.3) is 0 Å². The monoisotopic (exact) mass is 318 g/mol. The van der Waals surface area contributed by atoms with Crippen LogP contribution < -0.4 is 0 Å². The fraction of sp³-hybridized carbons (Fsp3) is 0.647. The molecule has 0 radical (unpaired) electrons. The maximum atomic E-state index is 4.36. The highest BCUT2D eigenvalue weighted by molar-refractivity contribution is 7.10. The largest absolute Gasteiger partial charge is 0.298 e. The number of likely N-dealkylation sites (tertiary alicyclic amines) is 1. The molecule has 0 amide bonds. The van der Waals surface area contributed by atoms with E-state index in [0.29, 0.717) is 12.0 Å². The van der Waals surface area contributed by atoms with Crippen molar-refractivity contribution in [1.82, 2.24) is 19.9 Å². The standard InChI is InChI=1S/C17H26N4S/c1-13(2)10-15-11-21(19-18-15)16-4-7-20(8-5-16)12-17-14(3)6-9-22-17/h6,9,11,13,16H,4-5,7-8,10,12H2,1-3H3. The van der Waals surface area contributed by atoms with Gasteiger partial charge in [0.25, 0.3) is 0 Å². The van der Waals surface area contributed by atoms with Crippen LogP contribution in [0.15, 0.2) is 17.6 Å². The first-order chi connectivity index (χ1) is 10.6. The maximum absolute atomic E-state index is 4.36. The second-order valence-electron chi connectivity index (χ2n) is 6.82. The van der Waals surface area contributed by atoms with Crippen molar-refractivity contribution in [3.8, 4) is 0 Å². The summed E-state index contributed by atoms with van der Waals surface area (Å²) >= 11 is 1.88. The molecule has 1 aliphatic heterocycles. The number of piperidine rings is 1. The minimum absolute atomic E-state index is 0.522. The van der Waals surface area contributed by atoms with Gasteiger partial charge in [-0.05, 0) is 49.1 Å². The normalized spacial score (nSPS) is 17.5. The SMILES string of the molecule is Cc1ccsc1CN1CCC(n2cc(CC(C)C)nn2)CC1. The second-order valence-corrected chi connectivity index (χ2v) is 7.82. The van der Waals surface area contributed by atoms with E-state index in [1.54, 1.807) is 0 Å². The van der Waals surface area contributed by atoms with Crippen molar-refractivity contribution < 1.29 is 0 Å². The van der Waals surface area contributed by atoms with Gasteiger partial charge < -0.3 is 0 Å². The number of hydrogen-bond donors (Lipinski definition) is 0. The van der Waals surface area contributed by atoms with E-state index >= 15 is 0 Å². The van der Waals surface area contributed by atoms with Gasteiger partial charge in [0.1, 0.15) is 0 Å². The molecule has 0 unspecified atom stereocenters. The molecule has 4 nitrogen and oxygen atoms in total. The Morgan fingerprint density at radius 1 is 1.32 bits per heavy atom. The number of hydrogen-bond acceptors (Lipinski definition) is 4. The summed E-state index contributed by atoms with van der Waals surface area (Å²) in [4.78, 5) is 4.08. The van der Waals surface area contributed by atoms with E-state index in [1.165, 1.54) is 23.3 Å². The van der Waals surface area contributed by atoms with Crippen molar-refractivity contribution in [2.75, 3.05) is 13.1 Å². The van der Waals surface area contributed by atoms with Crippen molar-refractivity contribution in [2.24, 2.45) is 5.92 Å². The number of aromatic nitrogens is 3. The van der Waals surface area contributed by atoms with Crippen molar-refractivity contribution in [1.29, 1.82) is 0 Å². The lowest BCUT2D eigenvalue weighted by Crippen LogP contribution is -2.34. The Bertz CT molecular complexity index is 593. The number of rotatable bonds is 5. The third-order valence-electron chi connectivity index (χ3n) is 4.44. The molecule has 1 saturated heterocycles. The molecule has 1 aliphatic rings. The highest BCUT2D eigenvalue weighted by atomic mass is 32.1. The summed E-state index contributed by atoms with van der Waals surface area (Å²) in [6.45, 7) is 10.1. The minimum atomic E-state index is 0.522. The summed E-state index contributed by atoms with van der Waals surface area (Å²) in [7, 11) is 0. The van der Waals surface area contributed by atoms with E-state index in [0.717, 1.165) is 31.7 Å². The lowest BCUT2D eigenvalue weighted by molar-refractivity contribution is 0.173. The van der Waals surface area contributed by atoms with Crippen molar-refractivity contribution >= 4 is 11.3 Å². The third-order valence-corrected chi connectivity index (χ3v) is 5.45. The van der Waals surface area contributed by atoms with Crippen LogP contribution in [0, 0.1) is 12.8 Å². The maximum Gasteiger partial charge on any atom is 0.0829 e. The molecule has 0 aromatic carbocycles. The molecule has 3 heterocycles. The summed E-state index contributed by atoms with van der Waals surface area (Å²) in [5.74, 6) is 0.640. The van der Waals surface area contributed by atoms with Gasteiger partial charge in [-0.15, -0.1) is 16.4 Å². The molecule has 2 aromatic heterocycles. The molecule has 1 fully saturated rings. The molecular weight excluding hydrogens is 292 g/mol. The Morgan fingerprint density at radius 2 is 2.09 bits per heavy atom. The van der Waals surface area contributed by atoms with Crippen LogP contribution in [0.3, 0.4) is 0 Å². The van der Waals surface area contributed by atoms with Crippen LogP contribution in [0.1, 0.15) is 48.9 Å². The number of nitrogens with zero attached hydrogens (tertiary/aromatic N) is 4. The van der Waals surface area contributed by atoms with E-state index in [1.807, 2.05) is 11.3 Å². The first-order valence-electron chi connectivity index (χ1n) is 8.28. The molecule has 0 bridgehead atoms. The van der Waals surface area contributed by atoms with E-state index < -0.39 is 0 Å². The van der Waals surface area contributed by atoms with Gasteiger partial charge in [-0.25, -0.2) is 4.68 Å². The zero-order chi connectivity index (χ0) is 15.5. The van der Waals surface area contributed by atoms with Gasteiger partial charge in [-0.2, -0.15) is 0 Å². The smallest absolute Gasteiger partial charge is 0.0829 e. The van der Waals surface area contributed by atoms with E-state index in [9.17, 15) is 0 Å². The second kappa shape index (κ2) is 6.92. The molecule has 0 atom stereocenters. The van der Waals surface area contributed by atoms with Gasteiger partial charge in [0.15, 0.2) is 0 Å². The lowest BCUT2D eigenvalue weighted by atomic mass is 10.0.